The van der Waals surface area contributed by atoms with Gasteiger partial charge in [0.1, 0.15) is 11.5 Å². The largest absolute Gasteiger partial charge is 0.497 e. The summed E-state index contributed by atoms with van der Waals surface area (Å²) in [6.45, 7) is 9.93. The first-order valence-corrected chi connectivity index (χ1v) is 11.2. The number of nitrogens with one attached hydrogen (secondary N) is 2. The van der Waals surface area contributed by atoms with E-state index in [-0.39, 0.29) is 24.0 Å². The zero-order valence-corrected chi connectivity index (χ0v) is 21.9. The van der Waals surface area contributed by atoms with Crippen LogP contribution in [0, 0.1) is 5.92 Å². The van der Waals surface area contributed by atoms with Crippen LogP contribution in [-0.2, 0) is 6.54 Å². The number of nitrogens with zero attached hydrogens (tertiary/aromatic N) is 3. The minimum atomic E-state index is 0. The number of ether oxygens (including phenoxy) is 2. The van der Waals surface area contributed by atoms with Crippen molar-refractivity contribution in [1.82, 2.24) is 20.4 Å². The summed E-state index contributed by atoms with van der Waals surface area (Å²) < 4.78 is 10.8. The molecular formula is C23H40IN5O2. The Kier molecular flexibility index (Phi) is 11.2. The lowest BCUT2D eigenvalue weighted by Crippen LogP contribution is -2.46. The van der Waals surface area contributed by atoms with E-state index in [2.05, 4.69) is 44.5 Å². The first kappa shape index (κ1) is 26.0. The van der Waals surface area contributed by atoms with Gasteiger partial charge in [-0.25, -0.2) is 0 Å². The van der Waals surface area contributed by atoms with Gasteiger partial charge in [0.25, 0.3) is 0 Å². The van der Waals surface area contributed by atoms with Crippen LogP contribution in [0.5, 0.6) is 11.5 Å². The van der Waals surface area contributed by atoms with Crippen molar-refractivity contribution >= 4 is 29.9 Å². The number of likely N-dealkylation sites (tertiary alicyclic amines) is 2. The summed E-state index contributed by atoms with van der Waals surface area (Å²) in [6.07, 6.45) is 3.82. The zero-order chi connectivity index (χ0) is 21.3. The van der Waals surface area contributed by atoms with Gasteiger partial charge in [0.05, 0.1) is 14.2 Å². The van der Waals surface area contributed by atoms with E-state index in [0.717, 1.165) is 50.1 Å². The second-order valence-corrected chi connectivity index (χ2v) is 8.65. The highest BCUT2D eigenvalue weighted by atomic mass is 127. The molecule has 2 fully saturated rings. The molecule has 1 aromatic carbocycles. The molecule has 7 nitrogen and oxygen atoms in total. The van der Waals surface area contributed by atoms with Gasteiger partial charge in [0.2, 0.25) is 0 Å². The molecule has 2 saturated heterocycles. The van der Waals surface area contributed by atoms with Crippen LogP contribution in [0.1, 0.15) is 31.7 Å². The van der Waals surface area contributed by atoms with E-state index >= 15 is 0 Å². The van der Waals surface area contributed by atoms with Crippen molar-refractivity contribution in [3.8, 4) is 11.5 Å². The average Bonchev–Trinajstić information content (AvgIpc) is 3.42. The predicted octanol–water partition coefficient (Wildman–Crippen LogP) is 2.79. The number of benzene rings is 1. The molecule has 0 aromatic heterocycles. The lowest BCUT2D eigenvalue weighted by molar-refractivity contribution is 0.287. The SMILES string of the molecule is CN=C(NCC(C)CN1CCCC1)NC1CCN(Cc2cc(OC)cc(OC)c2)C1.I. The Bertz CT molecular complexity index is 674. The topological polar surface area (TPSA) is 61.4 Å². The van der Waals surface area contributed by atoms with Crippen LogP contribution in [-0.4, -0.2) is 82.3 Å². The van der Waals surface area contributed by atoms with E-state index in [1.165, 1.54) is 38.0 Å². The van der Waals surface area contributed by atoms with Crippen LogP contribution in [0.4, 0.5) is 0 Å². The highest BCUT2D eigenvalue weighted by Crippen LogP contribution is 2.24. The fourth-order valence-corrected chi connectivity index (χ4v) is 4.44. The normalized spacial score (nSPS) is 20.9. The van der Waals surface area contributed by atoms with Gasteiger partial charge < -0.3 is 25.0 Å². The van der Waals surface area contributed by atoms with E-state index in [1.54, 1.807) is 14.2 Å². The molecule has 0 saturated carbocycles. The summed E-state index contributed by atoms with van der Waals surface area (Å²) in [5, 5.41) is 7.14. The smallest absolute Gasteiger partial charge is 0.191 e. The Morgan fingerprint density at radius 3 is 2.39 bits per heavy atom. The van der Waals surface area contributed by atoms with E-state index < -0.39 is 0 Å². The standard InChI is InChI=1S/C23H39N5O2.HI/c1-18(15-27-8-5-6-9-27)14-25-23(24-2)26-20-7-10-28(17-20)16-19-11-21(29-3)13-22(12-19)30-4;/h11-13,18,20H,5-10,14-17H2,1-4H3,(H2,24,25,26);1H. The maximum Gasteiger partial charge on any atom is 0.191 e. The van der Waals surface area contributed by atoms with Gasteiger partial charge in [0, 0.05) is 51.9 Å². The zero-order valence-electron chi connectivity index (χ0n) is 19.5. The van der Waals surface area contributed by atoms with E-state index in [9.17, 15) is 0 Å². The molecule has 0 amide bonds. The number of hydrogen-bond donors (Lipinski definition) is 2. The number of hydrogen-bond acceptors (Lipinski definition) is 5. The minimum absolute atomic E-state index is 0. The van der Waals surface area contributed by atoms with Crippen molar-refractivity contribution in [2.24, 2.45) is 10.9 Å². The quantitative estimate of drug-likeness (QED) is 0.283. The molecule has 2 atom stereocenters. The first-order chi connectivity index (χ1) is 14.6. The summed E-state index contributed by atoms with van der Waals surface area (Å²) in [7, 11) is 5.24. The molecule has 176 valence electrons. The first-order valence-electron chi connectivity index (χ1n) is 11.2. The highest BCUT2D eigenvalue weighted by molar-refractivity contribution is 14.0. The van der Waals surface area contributed by atoms with Crippen LogP contribution in [0.3, 0.4) is 0 Å². The molecule has 0 aliphatic carbocycles. The van der Waals surface area contributed by atoms with Crippen molar-refractivity contribution in [1.29, 1.82) is 0 Å². The molecule has 2 unspecified atom stereocenters. The molecule has 8 heteroatoms. The molecule has 2 aliphatic rings. The number of halogens is 1. The summed E-state index contributed by atoms with van der Waals surface area (Å²) >= 11 is 0. The summed E-state index contributed by atoms with van der Waals surface area (Å²) in [5.74, 6) is 3.21. The van der Waals surface area contributed by atoms with E-state index in [4.69, 9.17) is 9.47 Å². The number of guanidine groups is 1. The summed E-state index contributed by atoms with van der Waals surface area (Å²) in [4.78, 5) is 9.48. The Labute approximate surface area is 205 Å². The van der Waals surface area contributed by atoms with Crippen LogP contribution in [0.15, 0.2) is 23.2 Å². The van der Waals surface area contributed by atoms with Crippen molar-refractivity contribution in [2.45, 2.75) is 38.8 Å². The molecule has 3 rings (SSSR count). The molecule has 0 radical (unpaired) electrons. The van der Waals surface area contributed by atoms with Gasteiger partial charge >= 0.3 is 0 Å². The number of rotatable bonds is 9. The van der Waals surface area contributed by atoms with Crippen LogP contribution >= 0.6 is 24.0 Å². The molecule has 2 N–H and O–H groups in total. The fourth-order valence-electron chi connectivity index (χ4n) is 4.44. The van der Waals surface area contributed by atoms with Gasteiger partial charge in [0.15, 0.2) is 5.96 Å². The minimum Gasteiger partial charge on any atom is -0.497 e. The Hall–Kier alpha value is -1.26. The number of methoxy groups -OCH3 is 2. The molecule has 31 heavy (non-hydrogen) atoms. The Morgan fingerprint density at radius 2 is 1.77 bits per heavy atom. The average molecular weight is 546 g/mol. The second-order valence-electron chi connectivity index (χ2n) is 8.65. The number of aliphatic imine (C=N–C) groups is 1. The molecule has 2 heterocycles. The Balaban J connectivity index is 0.00000341. The lowest BCUT2D eigenvalue weighted by Gasteiger charge is -2.23. The Morgan fingerprint density at radius 1 is 1.10 bits per heavy atom. The third kappa shape index (κ3) is 8.31. The molecule has 1 aromatic rings. The van der Waals surface area contributed by atoms with Gasteiger partial charge in [-0.2, -0.15) is 0 Å². The van der Waals surface area contributed by atoms with Crippen LogP contribution < -0.4 is 20.1 Å². The maximum atomic E-state index is 5.40. The summed E-state index contributed by atoms with van der Waals surface area (Å²) in [5.41, 5.74) is 1.21. The van der Waals surface area contributed by atoms with Gasteiger partial charge in [-0.15, -0.1) is 24.0 Å². The third-order valence-corrected chi connectivity index (χ3v) is 6.04. The van der Waals surface area contributed by atoms with E-state index in [0.29, 0.717) is 12.0 Å². The predicted molar refractivity (Wildman–Crippen MR) is 138 cm³/mol. The van der Waals surface area contributed by atoms with Gasteiger partial charge in [-0.05, 0) is 56.0 Å². The van der Waals surface area contributed by atoms with Crippen molar-refractivity contribution < 1.29 is 9.47 Å². The summed E-state index contributed by atoms with van der Waals surface area (Å²) in [6, 6.07) is 6.51. The molecular weight excluding hydrogens is 505 g/mol. The fraction of sp³-hybridized carbons (Fsp3) is 0.696. The van der Waals surface area contributed by atoms with E-state index in [1.807, 2.05) is 13.1 Å². The highest BCUT2D eigenvalue weighted by Gasteiger charge is 2.24. The lowest BCUT2D eigenvalue weighted by atomic mass is 10.1. The molecule has 0 spiro atoms. The molecule has 2 aliphatic heterocycles. The van der Waals surface area contributed by atoms with Crippen LogP contribution in [0.2, 0.25) is 0 Å². The third-order valence-electron chi connectivity index (χ3n) is 6.04. The maximum absolute atomic E-state index is 5.40. The van der Waals surface area contributed by atoms with Crippen molar-refractivity contribution in [3.63, 3.8) is 0 Å². The molecule has 0 bridgehead atoms. The van der Waals surface area contributed by atoms with Crippen LogP contribution in [0.25, 0.3) is 0 Å². The van der Waals surface area contributed by atoms with Crippen molar-refractivity contribution in [2.75, 3.05) is 60.5 Å². The van der Waals surface area contributed by atoms with Gasteiger partial charge in [-0.1, -0.05) is 6.92 Å². The monoisotopic (exact) mass is 545 g/mol. The van der Waals surface area contributed by atoms with Gasteiger partial charge in [-0.3, -0.25) is 9.89 Å². The van der Waals surface area contributed by atoms with Crippen molar-refractivity contribution in [3.05, 3.63) is 23.8 Å². The second kappa shape index (κ2) is 13.3.